The summed E-state index contributed by atoms with van der Waals surface area (Å²) in [4.78, 5) is 14.7. The number of amides is 1. The van der Waals surface area contributed by atoms with Crippen LogP contribution in [0.2, 0.25) is 0 Å². The van der Waals surface area contributed by atoms with Gasteiger partial charge in [0.25, 0.3) is 0 Å². The van der Waals surface area contributed by atoms with Gasteiger partial charge in [-0.2, -0.15) is 0 Å². The van der Waals surface area contributed by atoms with E-state index in [4.69, 9.17) is 14.2 Å². The Labute approximate surface area is 142 Å². The van der Waals surface area contributed by atoms with Gasteiger partial charge < -0.3 is 19.5 Å². The number of benzene rings is 1. The van der Waals surface area contributed by atoms with Crippen molar-refractivity contribution in [3.63, 3.8) is 0 Å². The number of carbonyl (C=O) groups is 1. The number of carbonyl (C=O) groups excluding carboxylic acids is 1. The average Bonchev–Trinajstić information content (AvgIpc) is 3.24. The molecular formula is C18H24N2O4. The first kappa shape index (κ1) is 15.7. The molecule has 3 aliphatic rings. The summed E-state index contributed by atoms with van der Waals surface area (Å²) in [6.07, 6.45) is 2.14. The molecule has 0 radical (unpaired) electrons. The van der Waals surface area contributed by atoms with E-state index in [-0.39, 0.29) is 5.91 Å². The summed E-state index contributed by atoms with van der Waals surface area (Å²) in [5, 5.41) is 3.04. The van der Waals surface area contributed by atoms with Gasteiger partial charge in [-0.05, 0) is 6.07 Å². The molecule has 1 N–H and O–H groups in total. The Balaban J connectivity index is 1.37. The third-order valence-corrected chi connectivity index (χ3v) is 4.95. The van der Waals surface area contributed by atoms with Gasteiger partial charge in [0.1, 0.15) is 11.5 Å². The fraction of sp³-hybridized carbons (Fsp3) is 0.611. The van der Waals surface area contributed by atoms with Crippen molar-refractivity contribution in [1.82, 2.24) is 10.2 Å². The molecule has 0 aliphatic carbocycles. The van der Waals surface area contributed by atoms with Crippen molar-refractivity contribution in [2.75, 3.05) is 52.6 Å². The van der Waals surface area contributed by atoms with E-state index in [0.29, 0.717) is 26.2 Å². The highest BCUT2D eigenvalue weighted by Gasteiger charge is 2.27. The number of hydrogen-bond donors (Lipinski definition) is 1. The molecule has 0 atom stereocenters. The zero-order chi connectivity index (χ0) is 16.4. The minimum atomic E-state index is 0.0567. The van der Waals surface area contributed by atoms with Crippen molar-refractivity contribution in [1.29, 1.82) is 0 Å². The lowest BCUT2D eigenvalue weighted by Crippen LogP contribution is -2.41. The maximum absolute atomic E-state index is 12.4. The van der Waals surface area contributed by atoms with E-state index in [1.807, 2.05) is 0 Å². The van der Waals surface area contributed by atoms with Crippen LogP contribution in [-0.4, -0.2) is 63.4 Å². The van der Waals surface area contributed by atoms with E-state index in [0.717, 1.165) is 68.3 Å². The Hall–Kier alpha value is -1.79. The van der Waals surface area contributed by atoms with Gasteiger partial charge >= 0.3 is 0 Å². The Morgan fingerprint density at radius 1 is 1.12 bits per heavy atom. The van der Waals surface area contributed by atoms with Crippen molar-refractivity contribution in [2.45, 2.75) is 19.3 Å². The standard InChI is InChI=1S/C18H24N2O4/c21-17(19-3-4-20-5-9-22-10-6-20)12-15-14-2-8-23-16(14)11-13-1-7-24-18(13)15/h11H,1-10,12H2,(H,19,21). The molecular weight excluding hydrogens is 308 g/mol. The van der Waals surface area contributed by atoms with Gasteiger partial charge in [-0.3, -0.25) is 9.69 Å². The lowest BCUT2D eigenvalue weighted by atomic mass is 9.97. The van der Waals surface area contributed by atoms with Crippen LogP contribution in [0.15, 0.2) is 6.07 Å². The van der Waals surface area contributed by atoms with Crippen LogP contribution >= 0.6 is 0 Å². The Morgan fingerprint density at radius 2 is 1.96 bits per heavy atom. The number of nitrogens with zero attached hydrogens (tertiary/aromatic N) is 1. The molecule has 1 fully saturated rings. The minimum Gasteiger partial charge on any atom is -0.493 e. The van der Waals surface area contributed by atoms with Crippen LogP contribution in [0.4, 0.5) is 0 Å². The first-order valence-corrected chi connectivity index (χ1v) is 8.81. The van der Waals surface area contributed by atoms with Gasteiger partial charge in [0.05, 0.1) is 32.8 Å². The largest absolute Gasteiger partial charge is 0.493 e. The molecule has 1 aromatic rings. The molecule has 0 spiro atoms. The molecule has 0 unspecified atom stereocenters. The summed E-state index contributed by atoms with van der Waals surface area (Å²) in [7, 11) is 0. The second-order valence-electron chi connectivity index (χ2n) is 6.50. The molecule has 1 aromatic carbocycles. The van der Waals surface area contributed by atoms with Crippen LogP contribution in [-0.2, 0) is 28.8 Å². The quantitative estimate of drug-likeness (QED) is 0.853. The second-order valence-corrected chi connectivity index (χ2v) is 6.50. The molecule has 24 heavy (non-hydrogen) atoms. The third-order valence-electron chi connectivity index (χ3n) is 4.95. The predicted molar refractivity (Wildman–Crippen MR) is 88.8 cm³/mol. The van der Waals surface area contributed by atoms with Crippen molar-refractivity contribution < 1.29 is 19.0 Å². The van der Waals surface area contributed by atoms with Gasteiger partial charge in [-0.25, -0.2) is 0 Å². The fourth-order valence-electron chi connectivity index (χ4n) is 3.67. The molecule has 1 saturated heterocycles. The molecule has 0 aromatic heterocycles. The normalized spacial score (nSPS) is 19.3. The molecule has 3 heterocycles. The Kier molecular flexibility index (Phi) is 4.58. The van der Waals surface area contributed by atoms with E-state index >= 15 is 0 Å². The lowest BCUT2D eigenvalue weighted by molar-refractivity contribution is -0.120. The molecule has 0 saturated carbocycles. The zero-order valence-corrected chi connectivity index (χ0v) is 13.9. The second kappa shape index (κ2) is 6.99. The molecule has 0 bridgehead atoms. The average molecular weight is 332 g/mol. The van der Waals surface area contributed by atoms with Crippen molar-refractivity contribution in [3.8, 4) is 11.5 Å². The van der Waals surface area contributed by atoms with Gasteiger partial charge in [0.15, 0.2) is 0 Å². The smallest absolute Gasteiger partial charge is 0.224 e. The fourth-order valence-corrected chi connectivity index (χ4v) is 3.67. The van der Waals surface area contributed by atoms with Crippen LogP contribution in [0.25, 0.3) is 0 Å². The number of nitrogens with one attached hydrogen (secondary N) is 1. The molecule has 4 rings (SSSR count). The summed E-state index contributed by atoms with van der Waals surface area (Å²) < 4.78 is 16.8. The van der Waals surface area contributed by atoms with E-state index in [1.54, 1.807) is 0 Å². The van der Waals surface area contributed by atoms with Crippen LogP contribution in [0.3, 0.4) is 0 Å². The van der Waals surface area contributed by atoms with Gasteiger partial charge in [-0.15, -0.1) is 0 Å². The number of rotatable bonds is 5. The van der Waals surface area contributed by atoms with E-state index in [9.17, 15) is 4.79 Å². The Morgan fingerprint density at radius 3 is 2.83 bits per heavy atom. The van der Waals surface area contributed by atoms with Gasteiger partial charge in [0, 0.05) is 55.7 Å². The number of hydrogen-bond acceptors (Lipinski definition) is 5. The number of ether oxygens (including phenoxy) is 3. The summed E-state index contributed by atoms with van der Waals surface area (Å²) in [6.45, 7) is 6.41. The Bertz CT molecular complexity index is 594. The summed E-state index contributed by atoms with van der Waals surface area (Å²) in [5.74, 6) is 1.92. The topological polar surface area (TPSA) is 60.0 Å². The van der Waals surface area contributed by atoms with Crippen LogP contribution in [0.1, 0.15) is 16.7 Å². The van der Waals surface area contributed by atoms with Crippen LogP contribution in [0.5, 0.6) is 11.5 Å². The molecule has 6 heteroatoms. The first-order chi connectivity index (χ1) is 11.8. The summed E-state index contributed by atoms with van der Waals surface area (Å²) in [6, 6.07) is 2.09. The van der Waals surface area contributed by atoms with E-state index in [1.165, 1.54) is 5.56 Å². The van der Waals surface area contributed by atoms with E-state index in [2.05, 4.69) is 16.3 Å². The molecule has 130 valence electrons. The highest BCUT2D eigenvalue weighted by molar-refractivity contribution is 5.80. The maximum atomic E-state index is 12.4. The minimum absolute atomic E-state index is 0.0567. The zero-order valence-electron chi connectivity index (χ0n) is 13.9. The highest BCUT2D eigenvalue weighted by atomic mass is 16.5. The van der Waals surface area contributed by atoms with Crippen LogP contribution in [0, 0.1) is 0 Å². The molecule has 6 nitrogen and oxygen atoms in total. The van der Waals surface area contributed by atoms with Crippen molar-refractivity contribution in [3.05, 3.63) is 22.8 Å². The predicted octanol–water partition coefficient (Wildman–Crippen LogP) is 0.547. The number of morpholine rings is 1. The van der Waals surface area contributed by atoms with Crippen molar-refractivity contribution >= 4 is 5.91 Å². The van der Waals surface area contributed by atoms with Crippen LogP contribution < -0.4 is 14.8 Å². The maximum Gasteiger partial charge on any atom is 0.224 e. The monoisotopic (exact) mass is 332 g/mol. The van der Waals surface area contributed by atoms with Crippen molar-refractivity contribution in [2.24, 2.45) is 0 Å². The van der Waals surface area contributed by atoms with Gasteiger partial charge in [-0.1, -0.05) is 0 Å². The lowest BCUT2D eigenvalue weighted by Gasteiger charge is -2.26. The van der Waals surface area contributed by atoms with Gasteiger partial charge in [0.2, 0.25) is 5.91 Å². The SMILES string of the molecule is O=C(Cc1c2c(cc3c1OCC3)OCC2)NCCN1CCOCC1. The molecule has 3 aliphatic heterocycles. The summed E-state index contributed by atoms with van der Waals surface area (Å²) >= 11 is 0. The highest BCUT2D eigenvalue weighted by Crippen LogP contribution is 2.40. The van der Waals surface area contributed by atoms with E-state index < -0.39 is 0 Å². The molecule has 1 amide bonds. The number of fused-ring (bicyclic) bond motifs is 2. The third kappa shape index (κ3) is 3.21. The summed E-state index contributed by atoms with van der Waals surface area (Å²) in [5.41, 5.74) is 3.35. The first-order valence-electron chi connectivity index (χ1n) is 8.81.